The van der Waals surface area contributed by atoms with E-state index in [2.05, 4.69) is 9.59 Å². The fourth-order valence-electron chi connectivity index (χ4n) is 1.30. The third kappa shape index (κ3) is 2.03. The minimum Gasteiger partial charge on any atom is -0.382 e. The molecule has 0 spiro atoms. The molecule has 0 saturated carbocycles. The van der Waals surface area contributed by atoms with Gasteiger partial charge in [0.25, 0.3) is 0 Å². The number of halogens is 1. The Labute approximate surface area is 90.4 Å². The molecule has 0 bridgehead atoms. The molecular formula is C10H9FN2OS. The van der Waals surface area contributed by atoms with Crippen LogP contribution in [0.4, 0.5) is 4.39 Å². The summed E-state index contributed by atoms with van der Waals surface area (Å²) in [5.74, 6) is -0.276. The van der Waals surface area contributed by atoms with Crippen LogP contribution in [-0.4, -0.2) is 14.7 Å². The maximum atomic E-state index is 13.0. The highest BCUT2D eigenvalue weighted by Crippen LogP contribution is 2.22. The molecule has 0 fully saturated rings. The lowest BCUT2D eigenvalue weighted by Gasteiger charge is -2.08. The van der Waals surface area contributed by atoms with Crippen molar-refractivity contribution in [3.63, 3.8) is 0 Å². The first-order valence-corrected chi connectivity index (χ1v) is 5.23. The van der Waals surface area contributed by atoms with Crippen molar-refractivity contribution in [2.75, 3.05) is 0 Å². The van der Waals surface area contributed by atoms with Crippen LogP contribution in [0.2, 0.25) is 0 Å². The molecule has 1 atom stereocenters. The molecule has 0 amide bonds. The van der Waals surface area contributed by atoms with E-state index in [1.165, 1.54) is 17.6 Å². The van der Waals surface area contributed by atoms with E-state index in [9.17, 15) is 9.50 Å². The van der Waals surface area contributed by atoms with Crippen molar-refractivity contribution in [3.05, 3.63) is 46.2 Å². The van der Waals surface area contributed by atoms with E-state index in [0.717, 1.165) is 0 Å². The van der Waals surface area contributed by atoms with Crippen LogP contribution in [0.5, 0.6) is 0 Å². The summed E-state index contributed by atoms with van der Waals surface area (Å²) in [6.45, 7) is 1.66. The summed E-state index contributed by atoms with van der Waals surface area (Å²) in [7, 11) is 0. The van der Waals surface area contributed by atoms with Gasteiger partial charge in [-0.2, -0.15) is 0 Å². The highest BCUT2D eigenvalue weighted by molar-refractivity contribution is 7.03. The molecule has 0 radical (unpaired) electrons. The Balaban J connectivity index is 2.34. The van der Waals surface area contributed by atoms with Crippen LogP contribution in [-0.2, 0) is 0 Å². The Kier molecular flexibility index (Phi) is 2.75. The van der Waals surface area contributed by atoms with Gasteiger partial charge in [0.2, 0.25) is 0 Å². The van der Waals surface area contributed by atoms with E-state index in [0.29, 0.717) is 16.8 Å². The number of aryl methyl sites for hydroxylation is 1. The smallest absolute Gasteiger partial charge is 0.126 e. The predicted molar refractivity (Wildman–Crippen MR) is 55.1 cm³/mol. The van der Waals surface area contributed by atoms with Crippen LogP contribution >= 0.6 is 11.5 Å². The largest absolute Gasteiger partial charge is 0.382 e. The number of aliphatic hydroxyl groups is 1. The molecule has 1 N–H and O–H groups in total. The fraction of sp³-hybridized carbons (Fsp3) is 0.200. The SMILES string of the molecule is Cc1cc(C(O)c2csnn2)ccc1F. The van der Waals surface area contributed by atoms with Gasteiger partial charge in [-0.25, -0.2) is 4.39 Å². The number of aliphatic hydroxyl groups excluding tert-OH is 1. The molecule has 2 rings (SSSR count). The highest BCUT2D eigenvalue weighted by Gasteiger charge is 2.13. The van der Waals surface area contributed by atoms with Crippen molar-refractivity contribution in [3.8, 4) is 0 Å². The molecule has 2 aromatic rings. The Morgan fingerprint density at radius 1 is 1.47 bits per heavy atom. The molecule has 78 valence electrons. The van der Waals surface area contributed by atoms with Crippen molar-refractivity contribution >= 4 is 11.5 Å². The maximum Gasteiger partial charge on any atom is 0.126 e. The molecule has 0 saturated heterocycles. The topological polar surface area (TPSA) is 46.0 Å². The van der Waals surface area contributed by atoms with Crippen molar-refractivity contribution in [1.82, 2.24) is 9.59 Å². The van der Waals surface area contributed by atoms with Gasteiger partial charge >= 0.3 is 0 Å². The van der Waals surface area contributed by atoms with E-state index in [1.807, 2.05) is 0 Å². The predicted octanol–water partition coefficient (Wildman–Crippen LogP) is 2.07. The number of aromatic nitrogens is 2. The third-order valence-electron chi connectivity index (χ3n) is 2.15. The van der Waals surface area contributed by atoms with E-state index >= 15 is 0 Å². The van der Waals surface area contributed by atoms with Gasteiger partial charge in [0.1, 0.15) is 17.6 Å². The van der Waals surface area contributed by atoms with Crippen LogP contribution in [0.25, 0.3) is 0 Å². The highest BCUT2D eigenvalue weighted by atomic mass is 32.1. The van der Waals surface area contributed by atoms with E-state index < -0.39 is 6.10 Å². The second-order valence-corrected chi connectivity index (χ2v) is 3.85. The van der Waals surface area contributed by atoms with Crippen LogP contribution in [0.15, 0.2) is 23.6 Å². The molecule has 5 heteroatoms. The number of hydrogen-bond acceptors (Lipinski definition) is 4. The monoisotopic (exact) mass is 224 g/mol. The van der Waals surface area contributed by atoms with Gasteiger partial charge in [-0.05, 0) is 35.6 Å². The Hall–Kier alpha value is -1.33. The maximum absolute atomic E-state index is 13.0. The summed E-state index contributed by atoms with van der Waals surface area (Å²) < 4.78 is 16.7. The first kappa shape index (κ1) is 10.2. The minimum atomic E-state index is -0.831. The summed E-state index contributed by atoms with van der Waals surface area (Å²) >= 11 is 1.17. The number of hydrogen-bond donors (Lipinski definition) is 1. The van der Waals surface area contributed by atoms with Gasteiger partial charge in [-0.3, -0.25) is 0 Å². The van der Waals surface area contributed by atoms with Gasteiger partial charge in [-0.15, -0.1) is 5.10 Å². The second kappa shape index (κ2) is 4.04. The zero-order valence-corrected chi connectivity index (χ0v) is 8.83. The van der Waals surface area contributed by atoms with E-state index in [-0.39, 0.29) is 5.82 Å². The van der Waals surface area contributed by atoms with Crippen molar-refractivity contribution in [2.24, 2.45) is 0 Å². The minimum absolute atomic E-state index is 0.276. The van der Waals surface area contributed by atoms with Crippen LogP contribution in [0.3, 0.4) is 0 Å². The molecular weight excluding hydrogens is 215 g/mol. The van der Waals surface area contributed by atoms with Gasteiger partial charge in [0, 0.05) is 5.38 Å². The van der Waals surface area contributed by atoms with Gasteiger partial charge in [-0.1, -0.05) is 16.6 Å². The average Bonchev–Trinajstić information content (AvgIpc) is 2.74. The molecule has 15 heavy (non-hydrogen) atoms. The average molecular weight is 224 g/mol. The zero-order valence-electron chi connectivity index (χ0n) is 8.01. The van der Waals surface area contributed by atoms with E-state index in [4.69, 9.17) is 0 Å². The van der Waals surface area contributed by atoms with E-state index in [1.54, 1.807) is 24.4 Å². The lowest BCUT2D eigenvalue weighted by atomic mass is 10.0. The first-order valence-electron chi connectivity index (χ1n) is 4.39. The Morgan fingerprint density at radius 3 is 2.87 bits per heavy atom. The summed E-state index contributed by atoms with van der Waals surface area (Å²) in [5, 5.41) is 15.3. The van der Waals surface area contributed by atoms with Gasteiger partial charge in [0.15, 0.2) is 0 Å². The van der Waals surface area contributed by atoms with Crippen LogP contribution < -0.4 is 0 Å². The molecule has 0 aliphatic rings. The molecule has 1 aromatic heterocycles. The summed E-state index contributed by atoms with van der Waals surface area (Å²) in [6.07, 6.45) is -0.831. The zero-order chi connectivity index (χ0) is 10.8. The normalized spacial score (nSPS) is 12.7. The van der Waals surface area contributed by atoms with Crippen LogP contribution in [0, 0.1) is 12.7 Å². The standard InChI is InChI=1S/C10H9FN2OS/c1-6-4-7(2-3-8(6)11)10(14)9-5-15-13-12-9/h2-5,10,14H,1H3. The lowest BCUT2D eigenvalue weighted by Crippen LogP contribution is -2.01. The molecule has 0 aliphatic heterocycles. The van der Waals surface area contributed by atoms with Gasteiger partial charge < -0.3 is 5.11 Å². The summed E-state index contributed by atoms with van der Waals surface area (Å²) in [5.41, 5.74) is 1.63. The molecule has 0 aliphatic carbocycles. The third-order valence-corrected chi connectivity index (χ3v) is 2.68. The van der Waals surface area contributed by atoms with Crippen molar-refractivity contribution in [2.45, 2.75) is 13.0 Å². The lowest BCUT2D eigenvalue weighted by molar-refractivity contribution is 0.215. The van der Waals surface area contributed by atoms with Crippen molar-refractivity contribution in [1.29, 1.82) is 0 Å². The summed E-state index contributed by atoms with van der Waals surface area (Å²) in [6, 6.07) is 4.50. The molecule has 1 aromatic carbocycles. The first-order chi connectivity index (χ1) is 7.18. The number of nitrogens with zero attached hydrogens (tertiary/aromatic N) is 2. The molecule has 1 unspecified atom stereocenters. The van der Waals surface area contributed by atoms with Gasteiger partial charge in [0.05, 0.1) is 0 Å². The summed E-state index contributed by atoms with van der Waals surface area (Å²) in [4.78, 5) is 0. The quantitative estimate of drug-likeness (QED) is 0.849. The Morgan fingerprint density at radius 2 is 2.27 bits per heavy atom. The molecule has 3 nitrogen and oxygen atoms in total. The fourth-order valence-corrected chi connectivity index (χ4v) is 1.77. The Bertz CT molecular complexity index is 458. The molecule has 1 heterocycles. The number of rotatable bonds is 2. The van der Waals surface area contributed by atoms with Crippen molar-refractivity contribution < 1.29 is 9.50 Å². The van der Waals surface area contributed by atoms with Crippen LogP contribution in [0.1, 0.15) is 22.9 Å². The number of benzene rings is 1. The second-order valence-electron chi connectivity index (χ2n) is 3.24.